The van der Waals surface area contributed by atoms with Crippen LogP contribution < -0.4 is 10.6 Å². The Bertz CT molecular complexity index is 564. The van der Waals surface area contributed by atoms with Crippen LogP contribution in [0.4, 0.5) is 10.1 Å². The smallest absolute Gasteiger partial charge is 0.239 e. The lowest BCUT2D eigenvalue weighted by atomic mass is 9.90. The Morgan fingerprint density at radius 3 is 2.35 bits per heavy atom. The lowest BCUT2D eigenvalue weighted by Crippen LogP contribution is -2.48. The molecule has 0 spiro atoms. The fourth-order valence-electron chi connectivity index (χ4n) is 2.75. The number of carbonyl (C=O) groups excluding carboxylic acids is 2. The number of anilines is 1. The number of hydrogen-bond acceptors (Lipinski definition) is 2. The molecule has 126 valence electrons. The average molecular weight is 320 g/mol. The molecule has 4 nitrogen and oxygen atoms in total. The Morgan fingerprint density at radius 1 is 1.09 bits per heavy atom. The van der Waals surface area contributed by atoms with Crippen LogP contribution in [0.3, 0.4) is 0 Å². The highest BCUT2D eigenvalue weighted by atomic mass is 19.1. The second kappa shape index (κ2) is 7.57. The molecular formula is C18H25FN2O2. The summed E-state index contributed by atoms with van der Waals surface area (Å²) in [5.74, 6) is -1.14. The van der Waals surface area contributed by atoms with Crippen molar-refractivity contribution in [1.82, 2.24) is 5.32 Å². The highest BCUT2D eigenvalue weighted by Crippen LogP contribution is 2.22. The molecule has 2 N–H and O–H groups in total. The molecule has 1 aromatic carbocycles. The molecule has 2 amide bonds. The van der Waals surface area contributed by atoms with Crippen molar-refractivity contribution in [3.05, 3.63) is 30.1 Å². The summed E-state index contributed by atoms with van der Waals surface area (Å²) in [6, 6.07) is 5.80. The number of hydrogen-bond donors (Lipinski definition) is 2. The van der Waals surface area contributed by atoms with Crippen LogP contribution >= 0.6 is 0 Å². The monoisotopic (exact) mass is 320 g/mol. The van der Waals surface area contributed by atoms with Gasteiger partial charge >= 0.3 is 0 Å². The largest absolute Gasteiger partial charge is 0.352 e. The van der Waals surface area contributed by atoms with Gasteiger partial charge in [-0.3, -0.25) is 9.59 Å². The summed E-state index contributed by atoms with van der Waals surface area (Å²) >= 11 is 0. The van der Waals surface area contributed by atoms with E-state index in [1.807, 2.05) is 0 Å². The molecule has 2 rings (SSSR count). The normalized spacial score (nSPS) is 16.5. The molecule has 0 aliphatic heterocycles. The van der Waals surface area contributed by atoms with Crippen LogP contribution in [0, 0.1) is 11.2 Å². The maximum atomic E-state index is 13.2. The molecule has 0 atom stereocenters. The van der Waals surface area contributed by atoms with Gasteiger partial charge in [-0.1, -0.05) is 31.7 Å². The molecule has 0 bridgehead atoms. The lowest BCUT2D eigenvalue weighted by Gasteiger charge is -2.26. The molecule has 1 fully saturated rings. The van der Waals surface area contributed by atoms with Crippen LogP contribution in [0.5, 0.6) is 0 Å². The fourth-order valence-corrected chi connectivity index (χ4v) is 2.75. The number of halogens is 1. The number of amides is 2. The summed E-state index contributed by atoms with van der Waals surface area (Å²) in [7, 11) is 0. The minimum atomic E-state index is -1.21. The van der Waals surface area contributed by atoms with Crippen LogP contribution in [0.25, 0.3) is 0 Å². The molecule has 1 aromatic rings. The molecular weight excluding hydrogens is 295 g/mol. The van der Waals surface area contributed by atoms with Gasteiger partial charge in [-0.05, 0) is 44.9 Å². The van der Waals surface area contributed by atoms with Gasteiger partial charge in [0.2, 0.25) is 11.8 Å². The Hall–Kier alpha value is -1.91. The zero-order valence-electron chi connectivity index (χ0n) is 13.8. The molecule has 5 heteroatoms. The van der Waals surface area contributed by atoms with Gasteiger partial charge in [0.25, 0.3) is 0 Å². The summed E-state index contributed by atoms with van der Waals surface area (Å²) in [6.07, 6.45) is 6.56. The van der Waals surface area contributed by atoms with Crippen LogP contribution in [0.15, 0.2) is 24.3 Å². The van der Waals surface area contributed by atoms with Crippen molar-refractivity contribution in [2.75, 3.05) is 5.32 Å². The molecule has 0 unspecified atom stereocenters. The van der Waals surface area contributed by atoms with Crippen molar-refractivity contribution in [3.63, 3.8) is 0 Å². The Labute approximate surface area is 136 Å². The highest BCUT2D eigenvalue weighted by molar-refractivity contribution is 6.09. The van der Waals surface area contributed by atoms with Gasteiger partial charge < -0.3 is 10.6 Å². The average Bonchev–Trinajstić information content (AvgIpc) is 2.75. The molecule has 23 heavy (non-hydrogen) atoms. The van der Waals surface area contributed by atoms with E-state index in [0.29, 0.717) is 5.69 Å². The van der Waals surface area contributed by atoms with Gasteiger partial charge in [0, 0.05) is 11.7 Å². The summed E-state index contributed by atoms with van der Waals surface area (Å²) < 4.78 is 13.2. The molecule has 1 aliphatic rings. The minimum absolute atomic E-state index is 0.145. The van der Waals surface area contributed by atoms with E-state index in [1.54, 1.807) is 19.9 Å². The van der Waals surface area contributed by atoms with E-state index in [-0.39, 0.29) is 11.9 Å². The van der Waals surface area contributed by atoms with E-state index >= 15 is 0 Å². The van der Waals surface area contributed by atoms with Crippen LogP contribution in [-0.4, -0.2) is 17.9 Å². The van der Waals surface area contributed by atoms with Gasteiger partial charge in [-0.15, -0.1) is 0 Å². The maximum absolute atomic E-state index is 13.2. The van der Waals surface area contributed by atoms with Crippen molar-refractivity contribution in [2.24, 2.45) is 5.41 Å². The SMILES string of the molecule is CC(C)(C(=O)Nc1cccc(F)c1)C(=O)NC1CCCCCC1. The number of nitrogens with one attached hydrogen (secondary N) is 2. The predicted octanol–water partition coefficient (Wildman–Crippen LogP) is 3.63. The van der Waals surface area contributed by atoms with Gasteiger partial charge in [0.05, 0.1) is 0 Å². The number of rotatable bonds is 4. The standard InChI is InChI=1S/C18H25FN2O2/c1-18(2,16(22)20-14-9-5-3-4-6-10-14)17(23)21-15-11-7-8-13(19)12-15/h7-8,11-12,14H,3-6,9-10H2,1-2H3,(H,20,22)(H,21,23). The lowest BCUT2D eigenvalue weighted by molar-refractivity contribution is -0.138. The van der Waals surface area contributed by atoms with E-state index in [0.717, 1.165) is 25.7 Å². The summed E-state index contributed by atoms with van der Waals surface area (Å²) in [5, 5.41) is 5.62. The molecule has 1 saturated carbocycles. The van der Waals surface area contributed by atoms with Gasteiger partial charge in [-0.2, -0.15) is 0 Å². The summed E-state index contributed by atoms with van der Waals surface area (Å²) in [5.41, 5.74) is -0.858. The van der Waals surface area contributed by atoms with Gasteiger partial charge in [0.15, 0.2) is 0 Å². The first-order valence-corrected chi connectivity index (χ1v) is 8.27. The van der Waals surface area contributed by atoms with Crippen molar-refractivity contribution >= 4 is 17.5 Å². The van der Waals surface area contributed by atoms with Crippen molar-refractivity contribution in [2.45, 2.75) is 58.4 Å². The Kier molecular flexibility index (Phi) is 5.74. The van der Waals surface area contributed by atoms with Crippen LogP contribution in [0.2, 0.25) is 0 Å². The first kappa shape index (κ1) is 17.4. The maximum Gasteiger partial charge on any atom is 0.239 e. The quantitative estimate of drug-likeness (QED) is 0.657. The topological polar surface area (TPSA) is 58.2 Å². The predicted molar refractivity (Wildman–Crippen MR) is 88.4 cm³/mol. The van der Waals surface area contributed by atoms with E-state index in [9.17, 15) is 14.0 Å². The highest BCUT2D eigenvalue weighted by Gasteiger charge is 2.37. The zero-order valence-corrected chi connectivity index (χ0v) is 13.8. The molecule has 0 aromatic heterocycles. The minimum Gasteiger partial charge on any atom is -0.352 e. The van der Waals surface area contributed by atoms with Crippen molar-refractivity contribution in [1.29, 1.82) is 0 Å². The third kappa shape index (κ3) is 4.78. The zero-order chi connectivity index (χ0) is 16.9. The first-order valence-electron chi connectivity index (χ1n) is 8.27. The molecule has 0 saturated heterocycles. The molecule has 0 radical (unpaired) electrons. The third-order valence-corrected chi connectivity index (χ3v) is 4.41. The Balaban J connectivity index is 1.97. The Morgan fingerprint density at radius 2 is 1.74 bits per heavy atom. The van der Waals surface area contributed by atoms with Crippen LogP contribution in [0.1, 0.15) is 52.4 Å². The van der Waals surface area contributed by atoms with Gasteiger partial charge in [0.1, 0.15) is 11.2 Å². The second-order valence-corrected chi connectivity index (χ2v) is 6.75. The molecule has 1 aliphatic carbocycles. The third-order valence-electron chi connectivity index (χ3n) is 4.41. The summed E-state index contributed by atoms with van der Waals surface area (Å²) in [6.45, 7) is 3.18. The van der Waals surface area contributed by atoms with E-state index in [2.05, 4.69) is 10.6 Å². The second-order valence-electron chi connectivity index (χ2n) is 6.75. The van der Waals surface area contributed by atoms with E-state index in [1.165, 1.54) is 31.0 Å². The molecule has 0 heterocycles. The van der Waals surface area contributed by atoms with Crippen molar-refractivity contribution in [3.8, 4) is 0 Å². The number of carbonyl (C=O) groups is 2. The summed E-state index contributed by atoms with van der Waals surface area (Å²) in [4.78, 5) is 24.9. The van der Waals surface area contributed by atoms with Crippen LogP contribution in [-0.2, 0) is 9.59 Å². The first-order chi connectivity index (χ1) is 10.9. The fraction of sp³-hybridized carbons (Fsp3) is 0.556. The van der Waals surface area contributed by atoms with Gasteiger partial charge in [-0.25, -0.2) is 4.39 Å². The number of benzene rings is 1. The van der Waals surface area contributed by atoms with E-state index < -0.39 is 17.1 Å². The van der Waals surface area contributed by atoms with Crippen molar-refractivity contribution < 1.29 is 14.0 Å². The van der Waals surface area contributed by atoms with E-state index in [4.69, 9.17) is 0 Å².